The number of hydrogen-bond acceptors (Lipinski definition) is 6. The van der Waals surface area contributed by atoms with Gasteiger partial charge >= 0.3 is 0 Å². The molecule has 0 saturated heterocycles. The summed E-state index contributed by atoms with van der Waals surface area (Å²) in [5.41, 5.74) is 0.704. The first-order valence-electron chi connectivity index (χ1n) is 6.96. The van der Waals surface area contributed by atoms with Crippen molar-refractivity contribution in [3.05, 3.63) is 48.5 Å². The number of carbonyl (C=O) groups is 2. The van der Waals surface area contributed by atoms with E-state index in [2.05, 4.69) is 10.6 Å². The summed E-state index contributed by atoms with van der Waals surface area (Å²) in [7, 11) is 2.46. The molecule has 4 N–H and O–H groups in total. The maximum atomic E-state index is 11.8. The second kappa shape index (κ2) is 9.09. The molecular weight excluding hydrogens is 348 g/mol. The Bertz CT molecular complexity index is 663. The van der Waals surface area contributed by atoms with Crippen molar-refractivity contribution in [1.29, 1.82) is 0 Å². The molecule has 2 amide bonds. The fraction of sp³-hybridized carbons (Fsp3) is 0.125. The van der Waals surface area contributed by atoms with Crippen molar-refractivity contribution < 1.29 is 19.8 Å². The summed E-state index contributed by atoms with van der Waals surface area (Å²) >= 11 is 0. The van der Waals surface area contributed by atoms with Crippen molar-refractivity contribution in [1.82, 2.24) is 0 Å². The molecule has 2 rings (SSSR count). The van der Waals surface area contributed by atoms with Crippen LogP contribution in [0.3, 0.4) is 0 Å². The molecule has 0 aliphatic heterocycles. The van der Waals surface area contributed by atoms with Gasteiger partial charge in [-0.05, 0) is 24.3 Å². The van der Waals surface area contributed by atoms with Crippen molar-refractivity contribution in [3.8, 4) is 11.5 Å². The summed E-state index contributed by atoms with van der Waals surface area (Å²) in [5.74, 6) is -0.243. The Hall–Kier alpha value is -2.32. The van der Waals surface area contributed by atoms with Crippen LogP contribution in [-0.2, 0) is 9.59 Å². The van der Waals surface area contributed by atoms with Crippen LogP contribution in [-0.4, -0.2) is 33.5 Å². The molecule has 6 nitrogen and oxygen atoms in total. The lowest BCUT2D eigenvalue weighted by molar-refractivity contribution is -0.114. The first-order chi connectivity index (χ1) is 11.6. The van der Waals surface area contributed by atoms with Gasteiger partial charge in [0.15, 0.2) is 0 Å². The summed E-state index contributed by atoms with van der Waals surface area (Å²) in [4.78, 5) is 23.5. The first kappa shape index (κ1) is 18.0. The van der Waals surface area contributed by atoms with Crippen LogP contribution in [0.1, 0.15) is 0 Å². The molecule has 0 fully saturated rings. The molecule has 126 valence electrons. The van der Waals surface area contributed by atoms with Gasteiger partial charge in [-0.2, -0.15) is 0 Å². The number of anilines is 2. The molecule has 0 aliphatic rings. The predicted octanol–water partition coefficient (Wildman–Crippen LogP) is 3.06. The van der Waals surface area contributed by atoms with Crippen molar-refractivity contribution in [2.45, 2.75) is 0 Å². The van der Waals surface area contributed by atoms with Gasteiger partial charge in [0.2, 0.25) is 11.8 Å². The predicted molar refractivity (Wildman–Crippen MR) is 98.4 cm³/mol. The molecule has 0 unspecified atom stereocenters. The van der Waals surface area contributed by atoms with E-state index in [1.165, 1.54) is 33.7 Å². The quantitative estimate of drug-likeness (QED) is 0.342. The van der Waals surface area contributed by atoms with Crippen LogP contribution in [0.2, 0.25) is 0 Å². The van der Waals surface area contributed by atoms with Crippen molar-refractivity contribution in [2.24, 2.45) is 0 Å². The highest BCUT2D eigenvalue weighted by Gasteiger charge is 2.09. The van der Waals surface area contributed by atoms with E-state index < -0.39 is 0 Å². The van der Waals surface area contributed by atoms with Crippen LogP contribution in [0.5, 0.6) is 11.5 Å². The second-order valence-corrected chi connectivity index (χ2v) is 7.12. The number of hydrogen-bond donors (Lipinski definition) is 4. The van der Waals surface area contributed by atoms with E-state index in [-0.39, 0.29) is 34.8 Å². The highest BCUT2D eigenvalue weighted by molar-refractivity contribution is 8.77. The third-order valence-corrected chi connectivity index (χ3v) is 4.95. The van der Waals surface area contributed by atoms with Crippen LogP contribution >= 0.6 is 21.6 Å². The summed E-state index contributed by atoms with van der Waals surface area (Å²) in [6, 6.07) is 12.9. The fourth-order valence-electron chi connectivity index (χ4n) is 1.72. The molecule has 0 saturated carbocycles. The van der Waals surface area contributed by atoms with Gasteiger partial charge in [0.25, 0.3) is 0 Å². The minimum Gasteiger partial charge on any atom is -0.506 e. The maximum Gasteiger partial charge on any atom is 0.235 e. The average Bonchev–Trinajstić information content (AvgIpc) is 2.56. The molecule has 0 heterocycles. The highest BCUT2D eigenvalue weighted by Crippen LogP contribution is 2.25. The van der Waals surface area contributed by atoms with Crippen LogP contribution in [0.4, 0.5) is 11.4 Å². The van der Waals surface area contributed by atoms with Gasteiger partial charge in [-0.3, -0.25) is 9.59 Å². The lowest BCUT2D eigenvalue weighted by Crippen LogP contribution is -2.15. The monoisotopic (exact) mass is 364 g/mol. The topological polar surface area (TPSA) is 98.7 Å². The Morgan fingerprint density at radius 1 is 0.750 bits per heavy atom. The number of carbonyl (C=O) groups excluding carboxylic acids is 2. The number of aromatic hydroxyl groups is 2. The Balaban J connectivity index is 1.67. The normalized spacial score (nSPS) is 10.2. The van der Waals surface area contributed by atoms with Gasteiger partial charge in [0.1, 0.15) is 11.5 Å². The van der Waals surface area contributed by atoms with Crippen molar-refractivity contribution >= 4 is 44.8 Å². The fourth-order valence-corrected chi connectivity index (χ4v) is 3.39. The number of phenolic OH excluding ortho intramolecular Hbond substituents is 2. The van der Waals surface area contributed by atoms with Gasteiger partial charge in [0, 0.05) is 0 Å². The zero-order valence-electron chi connectivity index (χ0n) is 12.6. The highest BCUT2D eigenvalue weighted by atomic mass is 33.1. The maximum absolute atomic E-state index is 11.8. The molecule has 2 aromatic rings. The number of phenols is 2. The molecule has 0 aliphatic carbocycles. The van der Waals surface area contributed by atoms with Gasteiger partial charge < -0.3 is 20.8 Å². The zero-order valence-corrected chi connectivity index (χ0v) is 14.2. The van der Waals surface area contributed by atoms with E-state index in [4.69, 9.17) is 0 Å². The minimum atomic E-state index is -0.268. The average molecular weight is 364 g/mol. The third kappa shape index (κ3) is 5.71. The smallest absolute Gasteiger partial charge is 0.235 e. The summed E-state index contributed by atoms with van der Waals surface area (Å²) < 4.78 is 0. The number of nitrogens with one attached hydrogen (secondary N) is 2. The SMILES string of the molecule is O=C(CSSCC(=O)Nc1ccccc1O)Nc1ccccc1O. The van der Waals surface area contributed by atoms with Crippen LogP contribution < -0.4 is 10.6 Å². The summed E-state index contributed by atoms with van der Waals surface area (Å²) in [6.07, 6.45) is 0. The van der Waals surface area contributed by atoms with E-state index in [1.54, 1.807) is 36.4 Å². The number of benzene rings is 2. The van der Waals surface area contributed by atoms with Crippen LogP contribution in [0.15, 0.2) is 48.5 Å². The van der Waals surface area contributed by atoms with Crippen LogP contribution in [0.25, 0.3) is 0 Å². The van der Waals surface area contributed by atoms with Gasteiger partial charge in [-0.25, -0.2) is 0 Å². The lowest BCUT2D eigenvalue weighted by Gasteiger charge is -2.07. The lowest BCUT2D eigenvalue weighted by atomic mass is 10.3. The molecule has 0 bridgehead atoms. The Morgan fingerprint density at radius 3 is 1.50 bits per heavy atom. The molecule has 0 radical (unpaired) electrons. The van der Waals surface area contributed by atoms with Gasteiger partial charge in [-0.15, -0.1) is 0 Å². The van der Waals surface area contributed by atoms with Crippen molar-refractivity contribution in [3.63, 3.8) is 0 Å². The van der Waals surface area contributed by atoms with Crippen molar-refractivity contribution in [2.75, 3.05) is 22.1 Å². The second-order valence-electron chi connectivity index (χ2n) is 4.66. The third-order valence-electron chi connectivity index (χ3n) is 2.82. The van der Waals surface area contributed by atoms with Gasteiger partial charge in [0.05, 0.1) is 22.9 Å². The zero-order chi connectivity index (χ0) is 17.4. The van der Waals surface area contributed by atoms with Gasteiger partial charge in [-0.1, -0.05) is 45.9 Å². The molecular formula is C16H16N2O4S2. The molecule has 24 heavy (non-hydrogen) atoms. The molecule has 0 atom stereocenters. The Morgan fingerprint density at radius 2 is 1.12 bits per heavy atom. The number of amides is 2. The standard InChI is InChI=1S/C16H16N2O4S2/c19-13-7-3-1-5-11(13)17-15(21)9-23-24-10-16(22)18-12-6-2-4-8-14(12)20/h1-8,19-20H,9-10H2,(H,17,21)(H,18,22). The minimum absolute atomic E-state index is 0.00514. The largest absolute Gasteiger partial charge is 0.506 e. The van der Waals surface area contributed by atoms with E-state index in [1.807, 2.05) is 0 Å². The Labute approximate surface area is 147 Å². The van der Waals surface area contributed by atoms with E-state index in [0.29, 0.717) is 11.4 Å². The number of para-hydroxylation sites is 4. The summed E-state index contributed by atoms with van der Waals surface area (Å²) in [6.45, 7) is 0. The first-order valence-corrected chi connectivity index (χ1v) is 9.45. The molecule has 8 heteroatoms. The molecule has 0 aromatic heterocycles. The van der Waals surface area contributed by atoms with E-state index in [9.17, 15) is 19.8 Å². The van der Waals surface area contributed by atoms with Crippen LogP contribution in [0, 0.1) is 0 Å². The summed E-state index contributed by atoms with van der Waals surface area (Å²) in [5, 5.41) is 24.3. The van der Waals surface area contributed by atoms with E-state index >= 15 is 0 Å². The molecule has 2 aromatic carbocycles. The Kier molecular flexibility index (Phi) is 6.83. The van der Waals surface area contributed by atoms with E-state index in [0.717, 1.165) is 0 Å². The number of rotatable bonds is 7. The molecule has 0 spiro atoms.